The zero-order chi connectivity index (χ0) is 15.2. The van der Waals surface area contributed by atoms with Crippen molar-refractivity contribution < 1.29 is 14.7 Å². The normalized spacial score (nSPS) is 29.4. The molecule has 120 valence electrons. The van der Waals surface area contributed by atoms with Crippen molar-refractivity contribution in [2.24, 2.45) is 17.8 Å². The third-order valence-electron chi connectivity index (χ3n) is 5.07. The van der Waals surface area contributed by atoms with E-state index >= 15 is 0 Å². The summed E-state index contributed by atoms with van der Waals surface area (Å²) in [6.45, 7) is 3.88. The van der Waals surface area contributed by atoms with Crippen molar-refractivity contribution in [1.29, 1.82) is 0 Å². The number of amides is 2. The van der Waals surface area contributed by atoms with E-state index in [4.69, 9.17) is 5.11 Å². The largest absolute Gasteiger partial charge is 0.481 e. The van der Waals surface area contributed by atoms with Crippen LogP contribution < -0.4 is 5.32 Å². The van der Waals surface area contributed by atoms with E-state index in [2.05, 4.69) is 12.2 Å². The fourth-order valence-corrected chi connectivity index (χ4v) is 3.78. The van der Waals surface area contributed by atoms with Gasteiger partial charge in [-0.1, -0.05) is 39.0 Å². The summed E-state index contributed by atoms with van der Waals surface area (Å²) in [4.78, 5) is 24.7. The Balaban J connectivity index is 1.76. The highest BCUT2D eigenvalue weighted by atomic mass is 16.4. The van der Waals surface area contributed by atoms with Gasteiger partial charge in [-0.3, -0.25) is 4.79 Å². The zero-order valence-corrected chi connectivity index (χ0v) is 13.0. The third-order valence-corrected chi connectivity index (χ3v) is 5.07. The van der Waals surface area contributed by atoms with Crippen LogP contribution in [0.5, 0.6) is 0 Å². The third kappa shape index (κ3) is 4.35. The first-order valence-corrected chi connectivity index (χ1v) is 8.37. The molecule has 5 heteroatoms. The average molecular weight is 296 g/mol. The van der Waals surface area contributed by atoms with E-state index in [-0.39, 0.29) is 6.03 Å². The Labute approximate surface area is 127 Å². The predicted molar refractivity (Wildman–Crippen MR) is 81.1 cm³/mol. The molecule has 0 bridgehead atoms. The topological polar surface area (TPSA) is 69.6 Å². The number of likely N-dealkylation sites (tertiary alicyclic amines) is 1. The molecule has 0 radical (unpaired) electrons. The smallest absolute Gasteiger partial charge is 0.317 e. The lowest BCUT2D eigenvalue weighted by atomic mass is 9.77. The average Bonchev–Trinajstić information content (AvgIpc) is 2.96. The minimum absolute atomic E-state index is 0.0837. The molecule has 1 saturated carbocycles. The maximum Gasteiger partial charge on any atom is 0.317 e. The molecular weight excluding hydrogens is 268 g/mol. The molecule has 0 aromatic rings. The van der Waals surface area contributed by atoms with Crippen LogP contribution in [0.25, 0.3) is 0 Å². The molecule has 2 N–H and O–H groups in total. The number of hydrogen-bond acceptors (Lipinski definition) is 2. The summed E-state index contributed by atoms with van der Waals surface area (Å²) in [5.41, 5.74) is 0. The van der Waals surface area contributed by atoms with E-state index < -0.39 is 11.9 Å². The highest BCUT2D eigenvalue weighted by molar-refractivity contribution is 5.77. The lowest BCUT2D eigenvalue weighted by Crippen LogP contribution is -2.42. The molecule has 2 aliphatic rings. The fourth-order valence-electron chi connectivity index (χ4n) is 3.78. The van der Waals surface area contributed by atoms with Gasteiger partial charge in [-0.25, -0.2) is 4.79 Å². The Bertz CT molecular complexity index is 371. The van der Waals surface area contributed by atoms with Gasteiger partial charge in [-0.2, -0.15) is 0 Å². The number of carbonyl (C=O) groups excluding carboxylic acids is 1. The second-order valence-electron chi connectivity index (χ2n) is 6.55. The summed E-state index contributed by atoms with van der Waals surface area (Å²) in [5, 5.41) is 12.0. The second-order valence-corrected chi connectivity index (χ2v) is 6.55. The van der Waals surface area contributed by atoms with Crippen molar-refractivity contribution in [2.45, 2.75) is 51.9 Å². The van der Waals surface area contributed by atoms with Crippen molar-refractivity contribution in [3.05, 3.63) is 0 Å². The second kappa shape index (κ2) is 7.66. The summed E-state index contributed by atoms with van der Waals surface area (Å²) in [6, 6.07) is -0.0837. The summed E-state index contributed by atoms with van der Waals surface area (Å²) >= 11 is 0. The first kappa shape index (κ1) is 16.1. The van der Waals surface area contributed by atoms with Gasteiger partial charge in [0.25, 0.3) is 0 Å². The molecule has 2 rings (SSSR count). The van der Waals surface area contributed by atoms with Crippen molar-refractivity contribution in [3.8, 4) is 0 Å². The summed E-state index contributed by atoms with van der Waals surface area (Å²) in [7, 11) is 0. The van der Waals surface area contributed by atoms with E-state index in [0.717, 1.165) is 12.5 Å². The first-order chi connectivity index (χ1) is 10.1. The van der Waals surface area contributed by atoms with Crippen molar-refractivity contribution in [3.63, 3.8) is 0 Å². The number of carboxylic acid groups (broad SMARTS) is 1. The highest BCUT2D eigenvalue weighted by Crippen LogP contribution is 2.32. The van der Waals surface area contributed by atoms with Crippen LogP contribution in [-0.4, -0.2) is 41.6 Å². The first-order valence-electron chi connectivity index (χ1n) is 8.37. The Hall–Kier alpha value is -1.26. The number of hydrogen-bond donors (Lipinski definition) is 2. The van der Waals surface area contributed by atoms with Gasteiger partial charge in [0, 0.05) is 19.6 Å². The Morgan fingerprint density at radius 1 is 1.19 bits per heavy atom. The van der Waals surface area contributed by atoms with Crippen LogP contribution in [-0.2, 0) is 4.79 Å². The van der Waals surface area contributed by atoms with E-state index in [1.54, 1.807) is 4.90 Å². The summed E-state index contributed by atoms with van der Waals surface area (Å²) in [5.74, 6) is 0.161. The van der Waals surface area contributed by atoms with Crippen molar-refractivity contribution in [1.82, 2.24) is 10.2 Å². The number of nitrogens with zero attached hydrogens (tertiary/aromatic N) is 1. The van der Waals surface area contributed by atoms with E-state index in [1.165, 1.54) is 38.5 Å². The molecule has 3 atom stereocenters. The molecule has 21 heavy (non-hydrogen) atoms. The molecule has 1 saturated heterocycles. The van der Waals surface area contributed by atoms with Gasteiger partial charge in [0.15, 0.2) is 0 Å². The minimum Gasteiger partial charge on any atom is -0.481 e. The van der Waals surface area contributed by atoms with Crippen molar-refractivity contribution >= 4 is 12.0 Å². The van der Waals surface area contributed by atoms with E-state index in [9.17, 15) is 9.59 Å². The fraction of sp³-hybridized carbons (Fsp3) is 0.875. The number of carboxylic acids is 1. The molecule has 5 nitrogen and oxygen atoms in total. The van der Waals surface area contributed by atoms with Gasteiger partial charge in [0.1, 0.15) is 0 Å². The monoisotopic (exact) mass is 296 g/mol. The number of rotatable bonds is 5. The molecule has 1 aliphatic carbocycles. The Morgan fingerprint density at radius 2 is 1.90 bits per heavy atom. The maximum absolute atomic E-state index is 12.1. The van der Waals surface area contributed by atoms with Crippen LogP contribution in [0.1, 0.15) is 51.9 Å². The number of urea groups is 1. The van der Waals surface area contributed by atoms with Gasteiger partial charge in [-0.15, -0.1) is 0 Å². The molecule has 1 heterocycles. The van der Waals surface area contributed by atoms with Crippen LogP contribution in [0, 0.1) is 17.8 Å². The molecule has 0 aromatic heterocycles. The van der Waals surface area contributed by atoms with Crippen LogP contribution in [0.15, 0.2) is 0 Å². The maximum atomic E-state index is 12.1. The minimum atomic E-state index is -0.791. The van der Waals surface area contributed by atoms with Crippen LogP contribution >= 0.6 is 0 Å². The number of nitrogens with one attached hydrogen (secondary N) is 1. The van der Waals surface area contributed by atoms with Crippen LogP contribution in [0.2, 0.25) is 0 Å². The van der Waals surface area contributed by atoms with E-state index in [1.807, 2.05) is 0 Å². The predicted octanol–water partition coefficient (Wildman–Crippen LogP) is 2.71. The molecule has 1 aliphatic heterocycles. The highest BCUT2D eigenvalue weighted by Gasteiger charge is 2.31. The van der Waals surface area contributed by atoms with Crippen molar-refractivity contribution in [2.75, 3.05) is 19.6 Å². The van der Waals surface area contributed by atoms with Gasteiger partial charge in [-0.05, 0) is 24.7 Å². The van der Waals surface area contributed by atoms with Gasteiger partial charge in [0.05, 0.1) is 5.92 Å². The molecule has 0 aromatic carbocycles. The van der Waals surface area contributed by atoms with Gasteiger partial charge < -0.3 is 15.3 Å². The molecule has 2 fully saturated rings. The zero-order valence-electron chi connectivity index (χ0n) is 13.0. The standard InChI is InChI=1S/C16H28N2O3/c1-2-5-12-6-3-4-7-13(12)10-17-16(21)18-9-8-14(11-18)15(19)20/h12-14H,2-11H2,1H3,(H,17,21)(H,19,20). The lowest BCUT2D eigenvalue weighted by Gasteiger charge is -2.32. The molecule has 0 spiro atoms. The number of aliphatic carboxylic acids is 1. The lowest BCUT2D eigenvalue weighted by molar-refractivity contribution is -0.141. The quantitative estimate of drug-likeness (QED) is 0.819. The molecule has 2 amide bonds. The van der Waals surface area contributed by atoms with Crippen LogP contribution in [0.3, 0.4) is 0 Å². The Morgan fingerprint density at radius 3 is 2.52 bits per heavy atom. The summed E-state index contributed by atoms with van der Waals surface area (Å²) < 4.78 is 0. The van der Waals surface area contributed by atoms with Gasteiger partial charge in [0.2, 0.25) is 0 Å². The Kier molecular flexibility index (Phi) is 5.88. The molecular formula is C16H28N2O3. The summed E-state index contributed by atoms with van der Waals surface area (Å²) in [6.07, 6.45) is 8.13. The SMILES string of the molecule is CCCC1CCCCC1CNC(=O)N1CCC(C(=O)O)C1. The molecule has 3 unspecified atom stereocenters. The number of carbonyl (C=O) groups is 2. The van der Waals surface area contributed by atoms with E-state index in [0.29, 0.717) is 25.4 Å². The van der Waals surface area contributed by atoms with Crippen LogP contribution in [0.4, 0.5) is 4.79 Å². The van der Waals surface area contributed by atoms with Gasteiger partial charge >= 0.3 is 12.0 Å².